The van der Waals surface area contributed by atoms with Gasteiger partial charge < -0.3 is 19.9 Å². The first kappa shape index (κ1) is 15.6. The van der Waals surface area contributed by atoms with Gasteiger partial charge in [0.2, 0.25) is 0 Å². The van der Waals surface area contributed by atoms with Crippen LogP contribution in [0.2, 0.25) is 0 Å². The van der Waals surface area contributed by atoms with E-state index in [4.69, 9.17) is 14.6 Å². The molecule has 0 heterocycles. The lowest BCUT2D eigenvalue weighted by molar-refractivity contribution is -0.133. The fourth-order valence-corrected chi connectivity index (χ4v) is 1.47. The van der Waals surface area contributed by atoms with Gasteiger partial charge in [-0.25, -0.2) is 4.79 Å². The number of anilines is 1. The quantitative estimate of drug-likeness (QED) is 0.806. The fraction of sp³-hybridized carbons (Fsp3) is 0.286. The predicted octanol–water partition coefficient (Wildman–Crippen LogP) is 2.06. The number of aliphatic carboxylic acids is 1. The van der Waals surface area contributed by atoms with Crippen LogP contribution in [0.5, 0.6) is 11.5 Å². The van der Waals surface area contributed by atoms with Gasteiger partial charge in [0.15, 0.2) is 11.5 Å². The van der Waals surface area contributed by atoms with Crippen LogP contribution in [0.1, 0.15) is 13.8 Å². The normalized spacial score (nSPS) is 11.4. The molecule has 0 saturated heterocycles. The van der Waals surface area contributed by atoms with E-state index in [1.54, 1.807) is 18.2 Å². The van der Waals surface area contributed by atoms with Gasteiger partial charge in [0.05, 0.1) is 14.2 Å². The van der Waals surface area contributed by atoms with Crippen molar-refractivity contribution in [3.05, 3.63) is 29.3 Å². The molecule has 108 valence electrons. The van der Waals surface area contributed by atoms with Crippen LogP contribution >= 0.6 is 0 Å². The minimum absolute atomic E-state index is 0.00276. The summed E-state index contributed by atoms with van der Waals surface area (Å²) in [6.45, 7) is 2.84. The Morgan fingerprint density at radius 3 is 2.15 bits per heavy atom. The molecule has 0 saturated carbocycles. The van der Waals surface area contributed by atoms with Gasteiger partial charge in [-0.15, -0.1) is 0 Å². The zero-order chi connectivity index (χ0) is 15.3. The second-order valence-corrected chi connectivity index (χ2v) is 4.08. The molecule has 6 nitrogen and oxygen atoms in total. The number of rotatable bonds is 5. The maximum absolute atomic E-state index is 11.9. The van der Waals surface area contributed by atoms with Gasteiger partial charge in [-0.05, 0) is 26.0 Å². The Balaban J connectivity index is 2.97. The second-order valence-electron chi connectivity index (χ2n) is 4.08. The average Bonchev–Trinajstić information content (AvgIpc) is 2.45. The van der Waals surface area contributed by atoms with Crippen molar-refractivity contribution < 1.29 is 24.2 Å². The van der Waals surface area contributed by atoms with Crippen molar-refractivity contribution in [1.82, 2.24) is 0 Å². The van der Waals surface area contributed by atoms with Gasteiger partial charge in [-0.1, -0.05) is 0 Å². The largest absolute Gasteiger partial charge is 0.493 e. The van der Waals surface area contributed by atoms with E-state index in [1.165, 1.54) is 28.1 Å². The van der Waals surface area contributed by atoms with Crippen LogP contribution in [-0.4, -0.2) is 31.2 Å². The maximum atomic E-state index is 11.9. The summed E-state index contributed by atoms with van der Waals surface area (Å²) in [6, 6.07) is 4.89. The second kappa shape index (κ2) is 6.60. The van der Waals surface area contributed by atoms with Crippen molar-refractivity contribution >= 4 is 17.6 Å². The van der Waals surface area contributed by atoms with Crippen molar-refractivity contribution in [2.24, 2.45) is 0 Å². The minimum atomic E-state index is -1.12. The Bertz CT molecular complexity index is 563. The summed E-state index contributed by atoms with van der Waals surface area (Å²) < 4.78 is 10.2. The van der Waals surface area contributed by atoms with Gasteiger partial charge in [-0.3, -0.25) is 4.79 Å². The van der Waals surface area contributed by atoms with Crippen LogP contribution in [0.4, 0.5) is 5.69 Å². The summed E-state index contributed by atoms with van der Waals surface area (Å²) >= 11 is 0. The molecule has 0 atom stereocenters. The van der Waals surface area contributed by atoms with Gasteiger partial charge >= 0.3 is 5.97 Å². The standard InChI is InChI=1S/C14H17NO5/c1-8(9(2)14(17)18)13(16)15-10-5-6-11(19-3)12(7-10)20-4/h5-7H,1-4H3,(H,15,16)(H,17,18). The van der Waals surface area contributed by atoms with Crippen LogP contribution in [-0.2, 0) is 9.59 Å². The third-order valence-corrected chi connectivity index (χ3v) is 2.87. The number of carboxylic acid groups (broad SMARTS) is 1. The average molecular weight is 279 g/mol. The maximum Gasteiger partial charge on any atom is 0.331 e. The van der Waals surface area contributed by atoms with E-state index in [1.807, 2.05) is 0 Å². The third kappa shape index (κ3) is 3.50. The van der Waals surface area contributed by atoms with Crippen molar-refractivity contribution in [3.63, 3.8) is 0 Å². The molecule has 0 aliphatic heterocycles. The van der Waals surface area contributed by atoms with Crippen molar-refractivity contribution in [2.75, 3.05) is 19.5 Å². The van der Waals surface area contributed by atoms with E-state index in [0.717, 1.165) is 0 Å². The van der Waals surface area contributed by atoms with E-state index in [2.05, 4.69) is 5.32 Å². The number of hydrogen-bond donors (Lipinski definition) is 2. The number of amides is 1. The first-order valence-corrected chi connectivity index (χ1v) is 5.84. The third-order valence-electron chi connectivity index (χ3n) is 2.87. The van der Waals surface area contributed by atoms with Crippen LogP contribution in [0.3, 0.4) is 0 Å². The van der Waals surface area contributed by atoms with Crippen LogP contribution in [0.15, 0.2) is 29.3 Å². The Kier molecular flexibility index (Phi) is 5.14. The highest BCUT2D eigenvalue weighted by atomic mass is 16.5. The van der Waals surface area contributed by atoms with E-state index >= 15 is 0 Å². The number of carboxylic acids is 1. The molecule has 0 spiro atoms. The van der Waals surface area contributed by atoms with Gasteiger partial charge in [0.25, 0.3) is 5.91 Å². The summed E-state index contributed by atoms with van der Waals surface area (Å²) in [5.41, 5.74) is 0.639. The highest BCUT2D eigenvalue weighted by Gasteiger charge is 2.13. The van der Waals surface area contributed by atoms with E-state index in [-0.39, 0.29) is 11.1 Å². The number of ether oxygens (including phenoxy) is 2. The molecule has 0 aromatic heterocycles. The van der Waals surface area contributed by atoms with Gasteiger partial charge in [0, 0.05) is 22.9 Å². The number of carbonyl (C=O) groups is 2. The number of methoxy groups -OCH3 is 2. The first-order chi connectivity index (χ1) is 9.40. The lowest BCUT2D eigenvalue weighted by atomic mass is 10.1. The van der Waals surface area contributed by atoms with Crippen molar-refractivity contribution in [2.45, 2.75) is 13.8 Å². The van der Waals surface area contributed by atoms with Gasteiger partial charge in [-0.2, -0.15) is 0 Å². The van der Waals surface area contributed by atoms with Crippen LogP contribution < -0.4 is 14.8 Å². The zero-order valence-corrected chi connectivity index (χ0v) is 11.8. The van der Waals surface area contributed by atoms with E-state index in [9.17, 15) is 9.59 Å². The molecular weight excluding hydrogens is 262 g/mol. The van der Waals surface area contributed by atoms with Crippen LogP contribution in [0, 0.1) is 0 Å². The summed E-state index contributed by atoms with van der Waals surface area (Å²) in [5, 5.41) is 11.5. The number of nitrogens with one attached hydrogen (secondary N) is 1. The molecule has 0 radical (unpaired) electrons. The SMILES string of the molecule is COc1ccc(NC(=O)C(C)=C(C)C(=O)O)cc1OC. The molecule has 0 aliphatic carbocycles. The Morgan fingerprint density at radius 1 is 1.05 bits per heavy atom. The lowest BCUT2D eigenvalue weighted by Crippen LogP contribution is -2.16. The molecule has 0 bridgehead atoms. The van der Waals surface area contributed by atoms with E-state index in [0.29, 0.717) is 17.2 Å². The summed E-state index contributed by atoms with van der Waals surface area (Å²) in [4.78, 5) is 22.7. The minimum Gasteiger partial charge on any atom is -0.493 e. The van der Waals surface area contributed by atoms with Crippen LogP contribution in [0.25, 0.3) is 0 Å². The molecule has 1 amide bonds. The van der Waals surface area contributed by atoms with Crippen molar-refractivity contribution in [1.29, 1.82) is 0 Å². The Labute approximate surface area is 117 Å². The topological polar surface area (TPSA) is 84.9 Å². The van der Waals surface area contributed by atoms with Crippen molar-refractivity contribution in [3.8, 4) is 11.5 Å². The van der Waals surface area contributed by atoms with Gasteiger partial charge in [0.1, 0.15) is 0 Å². The fourth-order valence-electron chi connectivity index (χ4n) is 1.47. The summed E-state index contributed by atoms with van der Waals surface area (Å²) in [5.74, 6) is -0.580. The highest BCUT2D eigenvalue weighted by Crippen LogP contribution is 2.29. The molecule has 1 aromatic rings. The molecule has 6 heteroatoms. The number of carbonyl (C=O) groups excluding carboxylic acids is 1. The van der Waals surface area contributed by atoms with E-state index < -0.39 is 11.9 Å². The lowest BCUT2D eigenvalue weighted by Gasteiger charge is -2.11. The monoisotopic (exact) mass is 279 g/mol. The Hall–Kier alpha value is -2.50. The molecule has 0 aliphatic rings. The molecule has 2 N–H and O–H groups in total. The summed E-state index contributed by atoms with van der Waals surface area (Å²) in [6.07, 6.45) is 0. The molecule has 20 heavy (non-hydrogen) atoms. The highest BCUT2D eigenvalue weighted by molar-refractivity contribution is 6.08. The Morgan fingerprint density at radius 2 is 1.65 bits per heavy atom. The summed E-state index contributed by atoms with van der Waals surface area (Å²) in [7, 11) is 3.00. The number of hydrogen-bond acceptors (Lipinski definition) is 4. The zero-order valence-electron chi connectivity index (χ0n) is 11.8. The molecule has 0 unspecified atom stereocenters. The molecular formula is C14H17NO5. The molecule has 1 rings (SSSR count). The number of benzene rings is 1. The predicted molar refractivity (Wildman–Crippen MR) is 74.2 cm³/mol. The molecule has 0 fully saturated rings. The smallest absolute Gasteiger partial charge is 0.331 e. The first-order valence-electron chi connectivity index (χ1n) is 5.84. The molecule has 1 aromatic carbocycles.